The van der Waals surface area contributed by atoms with Crippen LogP contribution in [-0.2, 0) is 29.0 Å². The number of nitrogens with one attached hydrogen (secondary N) is 1. The first-order valence-electron chi connectivity index (χ1n) is 12.5. The molecule has 0 saturated carbocycles. The third-order valence-electron chi connectivity index (χ3n) is 5.70. The van der Waals surface area contributed by atoms with Crippen molar-refractivity contribution in [3.8, 4) is 22.4 Å². The molecular formula is C30H37N3O4. The minimum absolute atomic E-state index is 0.264. The lowest BCUT2D eigenvalue weighted by molar-refractivity contribution is 0.0522. The molecule has 0 saturated heterocycles. The van der Waals surface area contributed by atoms with Crippen LogP contribution in [0.1, 0.15) is 61.8 Å². The molecular weight excluding hydrogens is 466 g/mol. The monoisotopic (exact) mass is 503 g/mol. The van der Waals surface area contributed by atoms with E-state index in [0.717, 1.165) is 39.2 Å². The third-order valence-corrected chi connectivity index (χ3v) is 5.70. The molecule has 0 atom stereocenters. The lowest BCUT2D eigenvalue weighted by Crippen LogP contribution is -2.32. The van der Waals surface area contributed by atoms with Gasteiger partial charge >= 0.3 is 12.1 Å². The van der Waals surface area contributed by atoms with Gasteiger partial charge in [-0.2, -0.15) is 0 Å². The highest BCUT2D eigenvalue weighted by Gasteiger charge is 2.20. The molecule has 7 nitrogen and oxygen atoms in total. The van der Waals surface area contributed by atoms with E-state index in [4.69, 9.17) is 20.2 Å². The molecule has 1 aromatic heterocycles. The van der Waals surface area contributed by atoms with Crippen molar-refractivity contribution in [3.63, 3.8) is 0 Å². The zero-order chi connectivity index (χ0) is 27.2. The second kappa shape index (κ2) is 12.0. The second-order valence-corrected chi connectivity index (χ2v) is 10.4. The summed E-state index contributed by atoms with van der Waals surface area (Å²) in [5, 5.41) is 2.91. The zero-order valence-corrected chi connectivity index (χ0v) is 22.6. The highest BCUT2D eigenvalue weighted by Crippen LogP contribution is 2.32. The average Bonchev–Trinajstić information content (AvgIpc) is 2.85. The van der Waals surface area contributed by atoms with E-state index in [1.165, 1.54) is 7.11 Å². The molecule has 0 aliphatic carbocycles. The Morgan fingerprint density at radius 1 is 1.03 bits per heavy atom. The van der Waals surface area contributed by atoms with Crippen LogP contribution in [0.15, 0.2) is 54.6 Å². The van der Waals surface area contributed by atoms with Crippen LogP contribution in [0.25, 0.3) is 22.4 Å². The number of nitrogens with two attached hydrogens (primary N) is 1. The van der Waals surface area contributed by atoms with Gasteiger partial charge in [0.2, 0.25) is 0 Å². The molecule has 3 rings (SSSR count). The van der Waals surface area contributed by atoms with Crippen molar-refractivity contribution in [2.45, 2.75) is 59.7 Å². The predicted molar refractivity (Wildman–Crippen MR) is 146 cm³/mol. The van der Waals surface area contributed by atoms with Crippen molar-refractivity contribution in [2.24, 2.45) is 11.7 Å². The van der Waals surface area contributed by atoms with Gasteiger partial charge in [0.25, 0.3) is 0 Å². The predicted octanol–water partition coefficient (Wildman–Crippen LogP) is 5.88. The summed E-state index contributed by atoms with van der Waals surface area (Å²) >= 11 is 0. The Morgan fingerprint density at radius 3 is 2.32 bits per heavy atom. The van der Waals surface area contributed by atoms with E-state index >= 15 is 0 Å². The van der Waals surface area contributed by atoms with E-state index < -0.39 is 17.7 Å². The van der Waals surface area contributed by atoms with Gasteiger partial charge in [-0.15, -0.1) is 0 Å². The highest BCUT2D eigenvalue weighted by molar-refractivity contribution is 5.91. The quantitative estimate of drug-likeness (QED) is 0.372. The molecule has 0 fully saturated rings. The molecule has 7 heteroatoms. The number of esters is 1. The summed E-state index contributed by atoms with van der Waals surface area (Å²) in [6.45, 7) is 10.5. The molecule has 3 aromatic rings. The van der Waals surface area contributed by atoms with Crippen LogP contribution >= 0.6 is 0 Å². The van der Waals surface area contributed by atoms with Gasteiger partial charge in [0.1, 0.15) is 5.60 Å². The van der Waals surface area contributed by atoms with Crippen molar-refractivity contribution in [2.75, 3.05) is 7.11 Å². The van der Waals surface area contributed by atoms with Gasteiger partial charge in [-0.05, 0) is 68.0 Å². The molecule has 1 heterocycles. The molecule has 196 valence electrons. The Morgan fingerprint density at radius 2 is 1.73 bits per heavy atom. The van der Waals surface area contributed by atoms with Crippen LogP contribution in [-0.4, -0.2) is 29.8 Å². The second-order valence-electron chi connectivity index (χ2n) is 10.4. The van der Waals surface area contributed by atoms with Gasteiger partial charge in [-0.3, -0.25) is 4.98 Å². The number of benzene rings is 2. The number of aromatic nitrogens is 1. The topological polar surface area (TPSA) is 104 Å². The van der Waals surface area contributed by atoms with E-state index in [-0.39, 0.29) is 6.54 Å². The maximum atomic E-state index is 12.5. The van der Waals surface area contributed by atoms with Crippen LogP contribution in [0.4, 0.5) is 4.79 Å². The number of rotatable bonds is 8. The van der Waals surface area contributed by atoms with Gasteiger partial charge < -0.3 is 20.5 Å². The van der Waals surface area contributed by atoms with Crippen LogP contribution in [0.3, 0.4) is 0 Å². The summed E-state index contributed by atoms with van der Waals surface area (Å²) in [7, 11) is 1.36. The van der Waals surface area contributed by atoms with Crippen molar-refractivity contribution in [1.82, 2.24) is 10.3 Å². The summed E-state index contributed by atoms with van der Waals surface area (Å²) in [6, 6.07) is 17.3. The fourth-order valence-electron chi connectivity index (χ4n) is 4.00. The van der Waals surface area contributed by atoms with Crippen LogP contribution in [0.2, 0.25) is 0 Å². The van der Waals surface area contributed by atoms with E-state index in [9.17, 15) is 9.59 Å². The van der Waals surface area contributed by atoms with Crippen LogP contribution < -0.4 is 11.1 Å². The Bertz CT molecular complexity index is 1240. The van der Waals surface area contributed by atoms with Crippen molar-refractivity contribution in [3.05, 3.63) is 77.0 Å². The summed E-state index contributed by atoms with van der Waals surface area (Å²) in [5.41, 5.74) is 12.0. The number of alkyl carbamates (subject to hydrolysis) is 1. The standard InChI is InChI=1S/C30H37N3O4/c1-19(2)14-27-25(18-32-29(35)37-30(3,4)5)24(21-12-10-20(17-31)11-13-21)16-26(33-27)22-8-7-9-23(15-22)28(34)36-6/h7-13,15-16,19H,14,17-18,31H2,1-6H3,(H,32,35). The fraction of sp³-hybridized carbons (Fsp3) is 0.367. The van der Waals surface area contributed by atoms with Crippen molar-refractivity contribution >= 4 is 12.1 Å². The average molecular weight is 504 g/mol. The normalized spacial score (nSPS) is 11.4. The fourth-order valence-corrected chi connectivity index (χ4v) is 4.00. The Labute approximate surface area is 219 Å². The zero-order valence-electron chi connectivity index (χ0n) is 22.6. The summed E-state index contributed by atoms with van der Waals surface area (Å²) in [6.07, 6.45) is 0.228. The van der Waals surface area contributed by atoms with E-state index in [1.807, 2.05) is 63.2 Å². The minimum atomic E-state index is -0.599. The van der Waals surface area contributed by atoms with Crippen LogP contribution in [0.5, 0.6) is 0 Å². The van der Waals surface area contributed by atoms with Crippen molar-refractivity contribution < 1.29 is 19.1 Å². The smallest absolute Gasteiger partial charge is 0.407 e. The van der Waals surface area contributed by atoms with E-state index in [2.05, 4.69) is 19.2 Å². The number of carbonyl (C=O) groups excluding carboxylic acids is 2. The molecule has 37 heavy (non-hydrogen) atoms. The maximum absolute atomic E-state index is 12.5. The summed E-state index contributed by atoms with van der Waals surface area (Å²) in [5.74, 6) is -0.0723. The largest absolute Gasteiger partial charge is 0.465 e. The van der Waals surface area contributed by atoms with E-state index in [0.29, 0.717) is 24.4 Å². The lowest BCUT2D eigenvalue weighted by Gasteiger charge is -2.22. The SMILES string of the molecule is COC(=O)c1cccc(-c2cc(-c3ccc(CN)cc3)c(CNC(=O)OC(C)(C)C)c(CC(C)C)n2)c1. The van der Waals surface area contributed by atoms with E-state index in [1.54, 1.807) is 12.1 Å². The molecule has 0 unspecified atom stereocenters. The minimum Gasteiger partial charge on any atom is -0.465 e. The van der Waals surface area contributed by atoms with Crippen molar-refractivity contribution in [1.29, 1.82) is 0 Å². The number of methoxy groups -OCH3 is 1. The number of carbonyl (C=O) groups is 2. The lowest BCUT2D eigenvalue weighted by atomic mass is 9.92. The molecule has 0 aliphatic rings. The molecule has 0 bridgehead atoms. The first-order chi connectivity index (χ1) is 17.5. The van der Waals surface area contributed by atoms with Gasteiger partial charge in [-0.1, -0.05) is 50.2 Å². The van der Waals surface area contributed by atoms with Crippen LogP contribution in [0, 0.1) is 5.92 Å². The number of ether oxygens (including phenoxy) is 2. The summed E-state index contributed by atoms with van der Waals surface area (Å²) < 4.78 is 10.4. The third kappa shape index (κ3) is 7.64. The molecule has 1 amide bonds. The summed E-state index contributed by atoms with van der Waals surface area (Å²) in [4.78, 5) is 29.7. The Balaban J connectivity index is 2.16. The molecule has 0 spiro atoms. The highest BCUT2D eigenvalue weighted by atomic mass is 16.6. The molecule has 3 N–H and O–H groups in total. The van der Waals surface area contributed by atoms with Gasteiger partial charge in [0.05, 0.1) is 18.4 Å². The Kier molecular flexibility index (Phi) is 9.05. The number of hydrogen-bond donors (Lipinski definition) is 2. The molecule has 2 aromatic carbocycles. The molecule has 0 radical (unpaired) electrons. The number of pyridine rings is 1. The first-order valence-corrected chi connectivity index (χ1v) is 12.5. The number of hydrogen-bond acceptors (Lipinski definition) is 6. The Hall–Kier alpha value is -3.71. The maximum Gasteiger partial charge on any atom is 0.407 e. The van der Waals surface area contributed by atoms with Gasteiger partial charge in [0.15, 0.2) is 0 Å². The number of amides is 1. The first kappa shape index (κ1) is 27.9. The molecule has 0 aliphatic heterocycles. The number of nitrogens with zero attached hydrogens (tertiary/aromatic N) is 1. The van der Waals surface area contributed by atoms with Gasteiger partial charge in [-0.25, -0.2) is 9.59 Å². The van der Waals surface area contributed by atoms with Gasteiger partial charge in [0, 0.05) is 29.9 Å².